The Morgan fingerprint density at radius 2 is 1.97 bits per heavy atom. The first kappa shape index (κ1) is 21.5. The van der Waals surface area contributed by atoms with Gasteiger partial charge in [-0.25, -0.2) is 12.8 Å². The highest BCUT2D eigenvalue weighted by Crippen LogP contribution is 2.42. The van der Waals surface area contributed by atoms with E-state index in [9.17, 15) is 18.3 Å². The lowest BCUT2D eigenvalue weighted by molar-refractivity contribution is -0.00353. The van der Waals surface area contributed by atoms with Crippen molar-refractivity contribution in [1.82, 2.24) is 5.32 Å². The number of phenolic OH excluding ortho intramolecular Hbond substituents is 1. The lowest BCUT2D eigenvalue weighted by Gasteiger charge is -2.27. The summed E-state index contributed by atoms with van der Waals surface area (Å²) in [4.78, 5) is 12.2. The average Bonchev–Trinajstić information content (AvgIpc) is 3.47. The lowest BCUT2D eigenvalue weighted by atomic mass is 10.0. The van der Waals surface area contributed by atoms with Gasteiger partial charge in [0.25, 0.3) is 5.91 Å². The summed E-state index contributed by atoms with van der Waals surface area (Å²) >= 11 is 9.03. The highest BCUT2D eigenvalue weighted by molar-refractivity contribution is 9.10. The Morgan fingerprint density at radius 1 is 1.27 bits per heavy atom. The Labute approximate surface area is 186 Å². The van der Waals surface area contributed by atoms with Crippen LogP contribution in [-0.2, 0) is 20.3 Å². The van der Waals surface area contributed by atoms with Gasteiger partial charge in [0.1, 0.15) is 10.7 Å². The van der Waals surface area contributed by atoms with E-state index in [0.717, 1.165) is 18.4 Å². The maximum absolute atomic E-state index is 15.2. The molecule has 0 radical (unpaired) electrons. The second-order valence-corrected chi connectivity index (χ2v) is 10.8. The van der Waals surface area contributed by atoms with Crippen LogP contribution in [0, 0.1) is 5.82 Å². The van der Waals surface area contributed by atoms with Crippen molar-refractivity contribution >= 4 is 43.3 Å². The molecule has 2 aliphatic rings. The van der Waals surface area contributed by atoms with E-state index in [1.165, 1.54) is 24.3 Å². The first-order valence-corrected chi connectivity index (χ1v) is 12.1. The predicted octanol–water partition coefficient (Wildman–Crippen LogP) is 3.93. The van der Waals surface area contributed by atoms with Crippen molar-refractivity contribution in [1.29, 1.82) is 0 Å². The number of ether oxygens (including phenoxy) is 1. The minimum absolute atomic E-state index is 0.120. The molecule has 2 aromatic rings. The highest BCUT2D eigenvalue weighted by atomic mass is 79.9. The molecule has 6 nitrogen and oxygen atoms in total. The maximum atomic E-state index is 15.2. The van der Waals surface area contributed by atoms with Crippen molar-refractivity contribution in [2.45, 2.75) is 35.4 Å². The van der Waals surface area contributed by atoms with E-state index >= 15 is 4.39 Å². The Bertz CT molecular complexity index is 1130. The van der Waals surface area contributed by atoms with E-state index in [-0.39, 0.29) is 28.1 Å². The fourth-order valence-corrected chi connectivity index (χ4v) is 5.78. The zero-order chi connectivity index (χ0) is 21.6. The van der Waals surface area contributed by atoms with Gasteiger partial charge in [0.2, 0.25) is 0 Å². The van der Waals surface area contributed by atoms with Crippen molar-refractivity contribution in [3.8, 4) is 5.75 Å². The van der Waals surface area contributed by atoms with Crippen LogP contribution in [0.5, 0.6) is 5.75 Å². The predicted molar refractivity (Wildman–Crippen MR) is 112 cm³/mol. The van der Waals surface area contributed by atoms with Gasteiger partial charge >= 0.3 is 0 Å². The molecule has 2 aromatic carbocycles. The van der Waals surface area contributed by atoms with E-state index in [2.05, 4.69) is 21.2 Å². The number of sulfone groups is 1. The molecule has 0 atom stereocenters. The average molecular weight is 519 g/mol. The molecule has 30 heavy (non-hydrogen) atoms. The summed E-state index contributed by atoms with van der Waals surface area (Å²) in [6.45, 7) is 0.722. The Balaban J connectivity index is 1.72. The topological polar surface area (TPSA) is 92.7 Å². The van der Waals surface area contributed by atoms with Crippen LogP contribution in [0.1, 0.15) is 40.2 Å². The monoisotopic (exact) mass is 517 g/mol. The number of carbonyl (C=O) groups excluding carboxylic acids is 1. The smallest absolute Gasteiger partial charge is 0.254 e. The number of rotatable bonds is 6. The molecule has 0 aromatic heterocycles. The lowest BCUT2D eigenvalue weighted by Crippen LogP contribution is -2.48. The van der Waals surface area contributed by atoms with Gasteiger partial charge in [0.15, 0.2) is 15.6 Å². The van der Waals surface area contributed by atoms with Gasteiger partial charge in [0, 0.05) is 10.0 Å². The van der Waals surface area contributed by atoms with Crippen molar-refractivity contribution in [2.75, 3.05) is 13.2 Å². The zero-order valence-corrected chi connectivity index (χ0v) is 18.8. The maximum Gasteiger partial charge on any atom is 0.254 e. The molecule has 1 amide bonds. The van der Waals surface area contributed by atoms with Crippen molar-refractivity contribution in [2.24, 2.45) is 0 Å². The summed E-state index contributed by atoms with van der Waals surface area (Å²) in [7, 11) is -4.15. The van der Waals surface area contributed by atoms with E-state index in [4.69, 9.17) is 16.3 Å². The van der Waals surface area contributed by atoms with Gasteiger partial charge in [-0.05, 0) is 42.5 Å². The van der Waals surface area contributed by atoms with Crippen LogP contribution in [0.15, 0.2) is 33.6 Å². The number of hydrogen-bond acceptors (Lipinski definition) is 5. The summed E-state index contributed by atoms with van der Waals surface area (Å²) < 4.78 is 46.5. The quantitative estimate of drug-likeness (QED) is 0.605. The minimum Gasteiger partial charge on any atom is -0.505 e. The molecule has 10 heteroatoms. The third-order valence-corrected chi connectivity index (χ3v) is 7.53. The molecule has 0 spiro atoms. The van der Waals surface area contributed by atoms with Gasteiger partial charge in [-0.15, -0.1) is 0 Å². The van der Waals surface area contributed by atoms with Gasteiger partial charge in [-0.3, -0.25) is 4.79 Å². The standard InChI is InChI=1S/C20H18BrClFNO5S/c21-13-5-16(22)19(25)17(6-13)30(27,28)9-12-3-11(10-1-2-10)4-15(18(12)23)20(26)24-14-7-29-8-14/h3-6,10,14,25H,1-2,7-9H2,(H,24,26). The fraction of sp³-hybridized carbons (Fsp3) is 0.350. The third kappa shape index (κ3) is 4.34. The van der Waals surface area contributed by atoms with Crippen LogP contribution in [0.2, 0.25) is 5.02 Å². The second-order valence-electron chi connectivity index (χ2n) is 7.52. The normalized spacial score (nSPS) is 16.9. The van der Waals surface area contributed by atoms with Crippen molar-refractivity contribution in [3.63, 3.8) is 0 Å². The highest BCUT2D eigenvalue weighted by Gasteiger charge is 2.31. The van der Waals surface area contributed by atoms with Crippen molar-refractivity contribution in [3.05, 3.63) is 56.3 Å². The Kier molecular flexibility index (Phi) is 5.82. The Hall–Kier alpha value is -1.68. The Morgan fingerprint density at radius 3 is 2.57 bits per heavy atom. The number of halogens is 3. The van der Waals surface area contributed by atoms with Gasteiger partial charge in [-0.1, -0.05) is 33.6 Å². The molecule has 2 fully saturated rings. The molecular weight excluding hydrogens is 501 g/mol. The van der Waals surface area contributed by atoms with Crippen LogP contribution in [0.25, 0.3) is 0 Å². The van der Waals surface area contributed by atoms with Gasteiger partial charge in [0.05, 0.1) is 35.6 Å². The number of benzene rings is 2. The fourth-order valence-electron chi connectivity index (χ4n) is 3.28. The minimum atomic E-state index is -4.15. The summed E-state index contributed by atoms with van der Waals surface area (Å²) in [5, 5.41) is 12.7. The van der Waals surface area contributed by atoms with Crippen LogP contribution >= 0.6 is 27.5 Å². The number of phenols is 1. The molecule has 1 saturated heterocycles. The summed E-state index contributed by atoms with van der Waals surface area (Å²) in [6.07, 6.45) is 1.80. The van der Waals surface area contributed by atoms with E-state index in [0.29, 0.717) is 17.7 Å². The van der Waals surface area contributed by atoms with E-state index in [1.54, 1.807) is 0 Å². The molecular formula is C20H18BrClFNO5S. The van der Waals surface area contributed by atoms with Gasteiger partial charge < -0.3 is 15.2 Å². The third-order valence-electron chi connectivity index (χ3n) is 5.11. The number of hydrogen-bond donors (Lipinski definition) is 2. The number of aromatic hydroxyl groups is 1. The molecule has 0 unspecified atom stereocenters. The van der Waals surface area contributed by atoms with Crippen LogP contribution in [0.4, 0.5) is 4.39 Å². The first-order valence-electron chi connectivity index (χ1n) is 9.27. The van der Waals surface area contributed by atoms with Crippen LogP contribution in [0.3, 0.4) is 0 Å². The van der Waals surface area contributed by atoms with E-state index < -0.39 is 38.0 Å². The van der Waals surface area contributed by atoms with E-state index in [1.807, 2.05) is 0 Å². The second kappa shape index (κ2) is 8.11. The largest absolute Gasteiger partial charge is 0.505 e. The number of amides is 1. The van der Waals surface area contributed by atoms with Crippen molar-refractivity contribution < 1.29 is 27.4 Å². The number of carbonyl (C=O) groups is 1. The zero-order valence-electron chi connectivity index (χ0n) is 15.6. The molecule has 1 aliphatic carbocycles. The first-order chi connectivity index (χ1) is 14.2. The van der Waals surface area contributed by atoms with Crippen LogP contribution in [-0.4, -0.2) is 38.7 Å². The SMILES string of the molecule is O=C(NC1COC1)c1cc(C2CC2)cc(CS(=O)(=O)c2cc(Br)cc(Cl)c2O)c1F. The summed E-state index contributed by atoms with van der Waals surface area (Å²) in [6, 6.07) is 5.37. The molecule has 1 saturated carbocycles. The summed E-state index contributed by atoms with van der Waals surface area (Å²) in [5.74, 6) is -2.62. The molecule has 1 aliphatic heterocycles. The van der Waals surface area contributed by atoms with Crippen LogP contribution < -0.4 is 5.32 Å². The van der Waals surface area contributed by atoms with Gasteiger partial charge in [-0.2, -0.15) is 0 Å². The summed E-state index contributed by atoms with van der Waals surface area (Å²) in [5.41, 5.74) is 0.422. The molecule has 0 bridgehead atoms. The molecule has 4 rings (SSSR count). The molecule has 2 N–H and O–H groups in total. The molecule has 160 valence electrons. The molecule has 1 heterocycles. The number of nitrogens with one attached hydrogen (secondary N) is 1.